The van der Waals surface area contributed by atoms with Gasteiger partial charge in [-0.3, -0.25) is 4.79 Å². The molecule has 116 valence electrons. The molecule has 0 aliphatic heterocycles. The van der Waals surface area contributed by atoms with Crippen molar-refractivity contribution >= 4 is 34.8 Å². The van der Waals surface area contributed by atoms with Gasteiger partial charge in [-0.1, -0.05) is 23.7 Å². The van der Waals surface area contributed by atoms with Crippen LogP contribution in [0.2, 0.25) is 4.34 Å². The van der Waals surface area contributed by atoms with E-state index in [9.17, 15) is 9.59 Å². The Balaban J connectivity index is 1.82. The minimum Gasteiger partial charge on any atom is -0.478 e. The summed E-state index contributed by atoms with van der Waals surface area (Å²) in [7, 11) is 0. The molecule has 1 atom stereocenters. The number of carboxylic acids is 1. The van der Waals surface area contributed by atoms with E-state index in [0.717, 1.165) is 10.4 Å². The highest BCUT2D eigenvalue weighted by Crippen LogP contribution is 2.28. The maximum Gasteiger partial charge on any atom is 0.335 e. The molecule has 2 aromatic rings. The van der Waals surface area contributed by atoms with E-state index in [1.54, 1.807) is 30.3 Å². The molecular weight excluding hydrogens is 322 g/mol. The lowest BCUT2D eigenvalue weighted by Gasteiger charge is -2.10. The summed E-state index contributed by atoms with van der Waals surface area (Å²) in [6.45, 7) is 2.36. The number of carbonyl (C=O) groups excluding carboxylic acids is 1. The highest BCUT2D eigenvalue weighted by molar-refractivity contribution is 7.16. The fourth-order valence-corrected chi connectivity index (χ4v) is 3.10. The normalized spacial score (nSPS) is 11.9. The van der Waals surface area contributed by atoms with Crippen LogP contribution in [-0.2, 0) is 11.2 Å². The molecule has 1 unspecified atom stereocenters. The van der Waals surface area contributed by atoms with Crippen molar-refractivity contribution in [3.63, 3.8) is 0 Å². The summed E-state index contributed by atoms with van der Waals surface area (Å²) in [5.74, 6) is -1.21. The molecule has 1 amide bonds. The molecule has 0 radical (unpaired) electrons. The first-order valence-electron chi connectivity index (χ1n) is 6.82. The number of aromatic carboxylic acids is 1. The van der Waals surface area contributed by atoms with Crippen molar-refractivity contribution in [2.24, 2.45) is 0 Å². The number of benzene rings is 1. The van der Waals surface area contributed by atoms with Crippen LogP contribution in [0.25, 0.3) is 0 Å². The molecule has 0 spiro atoms. The summed E-state index contributed by atoms with van der Waals surface area (Å²) in [5, 5.41) is 11.7. The highest BCUT2D eigenvalue weighted by atomic mass is 35.5. The number of hydrogen-bond acceptors (Lipinski definition) is 3. The van der Waals surface area contributed by atoms with Gasteiger partial charge in [0.15, 0.2) is 0 Å². The van der Waals surface area contributed by atoms with E-state index in [1.165, 1.54) is 11.3 Å². The van der Waals surface area contributed by atoms with Gasteiger partial charge in [0, 0.05) is 11.4 Å². The van der Waals surface area contributed by atoms with Crippen LogP contribution >= 0.6 is 22.9 Å². The van der Waals surface area contributed by atoms with Crippen LogP contribution in [-0.4, -0.2) is 23.5 Å². The van der Waals surface area contributed by atoms with Crippen LogP contribution < -0.4 is 5.32 Å². The summed E-state index contributed by atoms with van der Waals surface area (Å²) in [5.41, 5.74) is 1.24. The number of carboxylic acid groups (broad SMARTS) is 1. The number of thiophene rings is 1. The van der Waals surface area contributed by atoms with Crippen LogP contribution in [0.4, 0.5) is 0 Å². The fourth-order valence-electron chi connectivity index (χ4n) is 1.99. The number of rotatable bonds is 6. The summed E-state index contributed by atoms with van der Waals surface area (Å²) in [6.07, 6.45) is 0.656. The first-order chi connectivity index (χ1) is 10.5. The van der Waals surface area contributed by atoms with Crippen molar-refractivity contribution in [3.05, 3.63) is 56.7 Å². The summed E-state index contributed by atoms with van der Waals surface area (Å²) < 4.78 is 0.674. The highest BCUT2D eigenvalue weighted by Gasteiger charge is 2.16. The Morgan fingerprint density at radius 2 is 1.91 bits per heavy atom. The Kier molecular flexibility index (Phi) is 5.57. The summed E-state index contributed by atoms with van der Waals surface area (Å²) in [6, 6.07) is 10.3. The third kappa shape index (κ3) is 4.32. The number of halogens is 1. The van der Waals surface area contributed by atoms with Gasteiger partial charge < -0.3 is 10.4 Å². The van der Waals surface area contributed by atoms with Crippen molar-refractivity contribution in [3.8, 4) is 0 Å². The Hall–Kier alpha value is -1.85. The molecule has 2 N–H and O–H groups in total. The molecular formula is C16H16ClNO3S. The van der Waals surface area contributed by atoms with Gasteiger partial charge in [0.05, 0.1) is 15.8 Å². The molecule has 1 aromatic heterocycles. The lowest BCUT2D eigenvalue weighted by atomic mass is 10.1. The quantitative estimate of drug-likeness (QED) is 0.847. The van der Waals surface area contributed by atoms with E-state index in [0.29, 0.717) is 17.3 Å². The largest absolute Gasteiger partial charge is 0.478 e. The zero-order chi connectivity index (χ0) is 16.1. The monoisotopic (exact) mass is 337 g/mol. The van der Waals surface area contributed by atoms with Gasteiger partial charge >= 0.3 is 5.97 Å². The first kappa shape index (κ1) is 16.5. The molecule has 0 saturated heterocycles. The van der Waals surface area contributed by atoms with Crippen LogP contribution in [0.1, 0.15) is 33.6 Å². The molecule has 1 heterocycles. The lowest BCUT2D eigenvalue weighted by molar-refractivity contribution is -0.122. The standard InChI is InChI=1S/C16H16ClNO3S/c1-10(13-6-7-14(17)22-13)15(19)18-9-8-11-2-4-12(5-3-11)16(20)21/h2-7,10H,8-9H2,1H3,(H,18,19)(H,20,21). The predicted molar refractivity (Wildman–Crippen MR) is 87.9 cm³/mol. The molecule has 0 saturated carbocycles. The minimum absolute atomic E-state index is 0.0410. The SMILES string of the molecule is CC(C(=O)NCCc1ccc(C(=O)O)cc1)c1ccc(Cl)s1. The number of nitrogens with one attached hydrogen (secondary N) is 1. The van der Waals surface area contributed by atoms with E-state index in [2.05, 4.69) is 5.32 Å². The molecule has 0 aliphatic carbocycles. The van der Waals surface area contributed by atoms with Crippen molar-refractivity contribution in [1.82, 2.24) is 5.32 Å². The summed E-state index contributed by atoms with van der Waals surface area (Å²) >= 11 is 7.28. The average molecular weight is 338 g/mol. The van der Waals surface area contributed by atoms with Gasteiger partial charge in [-0.15, -0.1) is 11.3 Å². The van der Waals surface area contributed by atoms with Gasteiger partial charge in [0.2, 0.25) is 5.91 Å². The van der Waals surface area contributed by atoms with Crippen molar-refractivity contribution < 1.29 is 14.7 Å². The first-order valence-corrected chi connectivity index (χ1v) is 8.02. The van der Waals surface area contributed by atoms with Crippen LogP contribution in [0.3, 0.4) is 0 Å². The van der Waals surface area contributed by atoms with E-state index >= 15 is 0 Å². The fraction of sp³-hybridized carbons (Fsp3) is 0.250. The van der Waals surface area contributed by atoms with Crippen LogP contribution in [0.15, 0.2) is 36.4 Å². The maximum atomic E-state index is 12.1. The second kappa shape index (κ2) is 7.42. The molecule has 22 heavy (non-hydrogen) atoms. The molecule has 0 fully saturated rings. The molecule has 2 rings (SSSR count). The smallest absolute Gasteiger partial charge is 0.335 e. The maximum absolute atomic E-state index is 12.1. The van der Waals surface area contributed by atoms with E-state index < -0.39 is 5.97 Å². The summed E-state index contributed by atoms with van der Waals surface area (Å²) in [4.78, 5) is 23.8. The zero-order valence-corrected chi connectivity index (χ0v) is 13.6. The van der Waals surface area contributed by atoms with E-state index in [-0.39, 0.29) is 17.4 Å². The molecule has 6 heteroatoms. The van der Waals surface area contributed by atoms with Crippen molar-refractivity contribution in [1.29, 1.82) is 0 Å². The van der Waals surface area contributed by atoms with Gasteiger partial charge in [-0.05, 0) is 43.2 Å². The van der Waals surface area contributed by atoms with Gasteiger partial charge in [0.25, 0.3) is 0 Å². The Labute approximate surface area is 137 Å². The zero-order valence-electron chi connectivity index (χ0n) is 12.0. The molecule has 0 aliphatic rings. The molecule has 0 bridgehead atoms. The Bertz CT molecular complexity index is 666. The molecule has 1 aromatic carbocycles. The van der Waals surface area contributed by atoms with Crippen molar-refractivity contribution in [2.75, 3.05) is 6.54 Å². The Morgan fingerprint density at radius 3 is 2.45 bits per heavy atom. The van der Waals surface area contributed by atoms with Crippen LogP contribution in [0, 0.1) is 0 Å². The molecule has 4 nitrogen and oxygen atoms in total. The second-order valence-corrected chi connectivity index (χ2v) is 6.65. The van der Waals surface area contributed by atoms with Crippen LogP contribution in [0.5, 0.6) is 0 Å². The topological polar surface area (TPSA) is 66.4 Å². The van der Waals surface area contributed by atoms with Crippen molar-refractivity contribution in [2.45, 2.75) is 19.3 Å². The number of hydrogen-bond donors (Lipinski definition) is 2. The van der Waals surface area contributed by atoms with E-state index in [1.807, 2.05) is 13.0 Å². The van der Waals surface area contributed by atoms with Gasteiger partial charge in [-0.2, -0.15) is 0 Å². The third-order valence-electron chi connectivity index (χ3n) is 3.33. The van der Waals surface area contributed by atoms with Gasteiger partial charge in [0.1, 0.15) is 0 Å². The Morgan fingerprint density at radius 1 is 1.23 bits per heavy atom. The minimum atomic E-state index is -0.941. The second-order valence-electron chi connectivity index (χ2n) is 4.91. The third-order valence-corrected chi connectivity index (χ3v) is 4.74. The average Bonchev–Trinajstić information content (AvgIpc) is 2.93. The number of amides is 1. The number of carbonyl (C=O) groups is 2. The van der Waals surface area contributed by atoms with Gasteiger partial charge in [-0.25, -0.2) is 4.79 Å². The predicted octanol–water partition coefficient (Wildman–Crippen LogP) is 3.56. The lowest BCUT2D eigenvalue weighted by Crippen LogP contribution is -2.29. The van der Waals surface area contributed by atoms with E-state index in [4.69, 9.17) is 16.7 Å².